The quantitative estimate of drug-likeness (QED) is 0.560. The first-order chi connectivity index (χ1) is 14.9. The molecule has 2 heterocycles. The fourth-order valence-electron chi connectivity index (χ4n) is 3.64. The SMILES string of the molecule is FC(F)(F)Oc1ccc(-c2ccc3c(c2)CN(Cc2nccc(C4CC4)n2)N=C3)cc1. The fourth-order valence-corrected chi connectivity index (χ4v) is 3.64. The maximum Gasteiger partial charge on any atom is 0.573 e. The average Bonchev–Trinajstić information content (AvgIpc) is 3.58. The van der Waals surface area contributed by atoms with Crippen molar-refractivity contribution in [3.8, 4) is 16.9 Å². The van der Waals surface area contributed by atoms with E-state index in [1.165, 1.54) is 25.0 Å². The molecule has 1 aliphatic carbocycles. The summed E-state index contributed by atoms with van der Waals surface area (Å²) in [5, 5.41) is 6.42. The number of hydrogen-bond acceptors (Lipinski definition) is 5. The van der Waals surface area contributed by atoms with Crippen LogP contribution in [0.5, 0.6) is 5.75 Å². The van der Waals surface area contributed by atoms with Crippen molar-refractivity contribution in [2.24, 2.45) is 5.10 Å². The average molecular weight is 424 g/mol. The number of fused-ring (bicyclic) bond motifs is 1. The second-order valence-corrected chi connectivity index (χ2v) is 7.73. The highest BCUT2D eigenvalue weighted by Crippen LogP contribution is 2.38. The molecule has 5 rings (SSSR count). The third-order valence-electron chi connectivity index (χ3n) is 5.32. The molecule has 1 fully saturated rings. The van der Waals surface area contributed by atoms with Gasteiger partial charge in [0.1, 0.15) is 11.6 Å². The molecule has 0 atom stereocenters. The van der Waals surface area contributed by atoms with Crippen molar-refractivity contribution >= 4 is 6.21 Å². The summed E-state index contributed by atoms with van der Waals surface area (Å²) in [5.74, 6) is 1.09. The van der Waals surface area contributed by atoms with E-state index >= 15 is 0 Å². The van der Waals surface area contributed by atoms with E-state index in [2.05, 4.69) is 19.8 Å². The number of halogens is 3. The third-order valence-corrected chi connectivity index (χ3v) is 5.32. The van der Waals surface area contributed by atoms with Gasteiger partial charge in [0.2, 0.25) is 0 Å². The second-order valence-electron chi connectivity index (χ2n) is 7.73. The van der Waals surface area contributed by atoms with Crippen LogP contribution in [0, 0.1) is 0 Å². The van der Waals surface area contributed by atoms with Gasteiger partial charge in [0.05, 0.1) is 19.3 Å². The van der Waals surface area contributed by atoms with Gasteiger partial charge in [-0.1, -0.05) is 24.3 Å². The summed E-state index contributed by atoms with van der Waals surface area (Å²) in [6.07, 6.45) is 1.31. The summed E-state index contributed by atoms with van der Waals surface area (Å²) in [6, 6.07) is 13.8. The van der Waals surface area contributed by atoms with Crippen LogP contribution < -0.4 is 4.74 Å². The number of benzene rings is 2. The first-order valence-corrected chi connectivity index (χ1v) is 10.0. The van der Waals surface area contributed by atoms with Crippen molar-refractivity contribution < 1.29 is 17.9 Å². The molecule has 0 spiro atoms. The summed E-state index contributed by atoms with van der Waals surface area (Å²) >= 11 is 0. The van der Waals surface area contributed by atoms with Crippen LogP contribution in [0.1, 0.15) is 41.4 Å². The Bertz CT molecular complexity index is 1120. The maximum absolute atomic E-state index is 12.4. The molecule has 0 saturated heterocycles. The lowest BCUT2D eigenvalue weighted by atomic mass is 9.98. The molecule has 0 bridgehead atoms. The van der Waals surface area contributed by atoms with Crippen LogP contribution >= 0.6 is 0 Å². The molecule has 0 radical (unpaired) electrons. The number of hydrogen-bond donors (Lipinski definition) is 0. The number of aromatic nitrogens is 2. The zero-order valence-electron chi connectivity index (χ0n) is 16.5. The largest absolute Gasteiger partial charge is 0.573 e. The minimum atomic E-state index is -4.70. The van der Waals surface area contributed by atoms with E-state index in [0.717, 1.165) is 33.8 Å². The predicted octanol–water partition coefficient (Wildman–Crippen LogP) is 5.27. The van der Waals surface area contributed by atoms with Gasteiger partial charge in [0.25, 0.3) is 0 Å². The van der Waals surface area contributed by atoms with E-state index < -0.39 is 6.36 Å². The van der Waals surface area contributed by atoms with Gasteiger partial charge in [-0.3, -0.25) is 5.01 Å². The lowest BCUT2D eigenvalue weighted by molar-refractivity contribution is -0.274. The predicted molar refractivity (Wildman–Crippen MR) is 109 cm³/mol. The van der Waals surface area contributed by atoms with E-state index in [9.17, 15) is 13.2 Å². The maximum atomic E-state index is 12.4. The zero-order valence-corrected chi connectivity index (χ0v) is 16.5. The molecule has 3 aromatic rings. The van der Waals surface area contributed by atoms with E-state index in [1.807, 2.05) is 41.7 Å². The molecule has 8 heteroatoms. The first kappa shape index (κ1) is 19.5. The lowest BCUT2D eigenvalue weighted by Crippen LogP contribution is -2.22. The van der Waals surface area contributed by atoms with Gasteiger partial charge in [-0.15, -0.1) is 13.2 Å². The molecule has 1 aliphatic heterocycles. The Balaban J connectivity index is 1.31. The fraction of sp³-hybridized carbons (Fsp3) is 0.261. The van der Waals surface area contributed by atoms with Crippen LogP contribution in [0.15, 0.2) is 59.8 Å². The summed E-state index contributed by atoms with van der Waals surface area (Å²) in [6.45, 7) is 1.12. The summed E-state index contributed by atoms with van der Waals surface area (Å²) in [5.41, 5.74) is 4.93. The van der Waals surface area contributed by atoms with Crippen molar-refractivity contribution in [1.29, 1.82) is 0 Å². The molecular formula is C23H19F3N4O. The highest BCUT2D eigenvalue weighted by Gasteiger charge is 2.31. The molecule has 0 unspecified atom stereocenters. The lowest BCUT2D eigenvalue weighted by Gasteiger charge is -2.24. The Kier molecular flexibility index (Phi) is 4.84. The van der Waals surface area contributed by atoms with Crippen LogP contribution in [-0.4, -0.2) is 27.6 Å². The smallest absolute Gasteiger partial charge is 0.406 e. The Hall–Kier alpha value is -3.42. The van der Waals surface area contributed by atoms with E-state index in [-0.39, 0.29) is 5.75 Å². The van der Waals surface area contributed by atoms with Gasteiger partial charge >= 0.3 is 6.36 Å². The zero-order chi connectivity index (χ0) is 21.4. The number of nitrogens with zero attached hydrogens (tertiary/aromatic N) is 4. The molecule has 0 N–H and O–H groups in total. The standard InChI is InChI=1S/C23H19F3N4O/c24-23(25,26)31-20-7-5-15(6-8-20)17-3-4-18-12-28-30(13-19(18)11-17)14-22-27-10-9-21(29-22)16-1-2-16/h3-12,16H,1-2,13-14H2. The number of rotatable bonds is 5. The summed E-state index contributed by atoms with van der Waals surface area (Å²) in [7, 11) is 0. The van der Waals surface area contributed by atoms with Gasteiger partial charge < -0.3 is 4.74 Å². The molecule has 0 amide bonds. The van der Waals surface area contributed by atoms with Crippen molar-refractivity contribution in [3.05, 3.63) is 77.4 Å². The molecule has 1 aromatic heterocycles. The van der Waals surface area contributed by atoms with Crippen LogP contribution in [0.25, 0.3) is 11.1 Å². The number of ether oxygens (including phenoxy) is 1. The van der Waals surface area contributed by atoms with E-state index in [1.54, 1.807) is 12.1 Å². The second kappa shape index (κ2) is 7.68. The topological polar surface area (TPSA) is 50.6 Å². The van der Waals surface area contributed by atoms with Crippen LogP contribution in [0.4, 0.5) is 13.2 Å². The number of alkyl halides is 3. The van der Waals surface area contributed by atoms with Gasteiger partial charge in [0, 0.05) is 17.8 Å². The van der Waals surface area contributed by atoms with Crippen LogP contribution in [0.3, 0.4) is 0 Å². The van der Waals surface area contributed by atoms with Crippen molar-refractivity contribution in [2.75, 3.05) is 0 Å². The Labute approximate surface area is 177 Å². The molecule has 158 valence electrons. The summed E-state index contributed by atoms with van der Waals surface area (Å²) < 4.78 is 41.0. The molecule has 5 nitrogen and oxygen atoms in total. The van der Waals surface area contributed by atoms with Crippen LogP contribution in [0.2, 0.25) is 0 Å². The van der Waals surface area contributed by atoms with Crippen molar-refractivity contribution in [1.82, 2.24) is 15.0 Å². The molecule has 2 aliphatic rings. The molecule has 1 saturated carbocycles. The Morgan fingerprint density at radius 3 is 2.52 bits per heavy atom. The Morgan fingerprint density at radius 2 is 1.77 bits per heavy atom. The Morgan fingerprint density at radius 1 is 1.00 bits per heavy atom. The van der Waals surface area contributed by atoms with Gasteiger partial charge in [-0.05, 0) is 59.4 Å². The monoisotopic (exact) mass is 424 g/mol. The highest BCUT2D eigenvalue weighted by molar-refractivity contribution is 5.84. The normalized spacial score (nSPS) is 15.6. The van der Waals surface area contributed by atoms with Crippen LogP contribution in [-0.2, 0) is 13.1 Å². The van der Waals surface area contributed by atoms with E-state index in [4.69, 9.17) is 0 Å². The number of hydrazone groups is 1. The first-order valence-electron chi connectivity index (χ1n) is 10.0. The minimum absolute atomic E-state index is 0.235. The van der Waals surface area contributed by atoms with Gasteiger partial charge in [-0.2, -0.15) is 5.10 Å². The summed E-state index contributed by atoms with van der Waals surface area (Å²) in [4.78, 5) is 9.04. The van der Waals surface area contributed by atoms with Gasteiger partial charge in [0.15, 0.2) is 0 Å². The molecule has 31 heavy (non-hydrogen) atoms. The van der Waals surface area contributed by atoms with E-state index in [0.29, 0.717) is 19.0 Å². The van der Waals surface area contributed by atoms with Gasteiger partial charge in [-0.25, -0.2) is 9.97 Å². The highest BCUT2D eigenvalue weighted by atomic mass is 19.4. The molecule has 2 aromatic carbocycles. The minimum Gasteiger partial charge on any atom is -0.406 e. The third kappa shape index (κ3) is 4.68. The van der Waals surface area contributed by atoms with Crippen molar-refractivity contribution in [2.45, 2.75) is 38.2 Å². The molecular weight excluding hydrogens is 405 g/mol. The van der Waals surface area contributed by atoms with Crippen molar-refractivity contribution in [3.63, 3.8) is 0 Å².